The van der Waals surface area contributed by atoms with Crippen LogP contribution in [-0.4, -0.2) is 21.7 Å². The number of rotatable bonds is 2. The molecule has 0 spiro atoms. The van der Waals surface area contributed by atoms with Crippen LogP contribution >= 0.6 is 0 Å². The lowest BCUT2D eigenvalue weighted by Crippen LogP contribution is -2.27. The smallest absolute Gasteiger partial charge is 0.348 e. The SMILES string of the molecule is Cn1nc(C(F)(F)F)cc1C(=O)NC1CC1. The van der Waals surface area contributed by atoms with Crippen molar-refractivity contribution in [2.24, 2.45) is 7.05 Å². The Morgan fingerprint density at radius 1 is 1.56 bits per heavy atom. The van der Waals surface area contributed by atoms with Gasteiger partial charge in [0, 0.05) is 19.2 Å². The Morgan fingerprint density at radius 3 is 2.62 bits per heavy atom. The largest absolute Gasteiger partial charge is 0.435 e. The first-order valence-electron chi connectivity index (χ1n) is 4.80. The van der Waals surface area contributed by atoms with Crippen LogP contribution in [0.15, 0.2) is 6.07 Å². The molecule has 1 N–H and O–H groups in total. The molecule has 88 valence electrons. The maximum Gasteiger partial charge on any atom is 0.435 e. The van der Waals surface area contributed by atoms with Gasteiger partial charge in [-0.1, -0.05) is 0 Å². The number of aromatic nitrogens is 2. The molecule has 1 heterocycles. The van der Waals surface area contributed by atoms with Gasteiger partial charge in [0.1, 0.15) is 5.69 Å². The monoisotopic (exact) mass is 233 g/mol. The number of hydrogen-bond donors (Lipinski definition) is 1. The fourth-order valence-electron chi connectivity index (χ4n) is 1.31. The first-order valence-corrected chi connectivity index (χ1v) is 4.80. The van der Waals surface area contributed by atoms with Gasteiger partial charge in [-0.2, -0.15) is 18.3 Å². The zero-order chi connectivity index (χ0) is 11.9. The average molecular weight is 233 g/mol. The molecule has 0 radical (unpaired) electrons. The van der Waals surface area contributed by atoms with Crippen molar-refractivity contribution in [1.82, 2.24) is 15.1 Å². The number of amides is 1. The molecular weight excluding hydrogens is 223 g/mol. The van der Waals surface area contributed by atoms with Gasteiger partial charge in [0.25, 0.3) is 5.91 Å². The van der Waals surface area contributed by atoms with Crippen molar-refractivity contribution < 1.29 is 18.0 Å². The second-order valence-electron chi connectivity index (χ2n) is 3.78. The van der Waals surface area contributed by atoms with Crippen molar-refractivity contribution in [2.45, 2.75) is 25.1 Å². The molecule has 4 nitrogen and oxygen atoms in total. The molecule has 7 heteroatoms. The third-order valence-corrected chi connectivity index (χ3v) is 2.32. The Labute approximate surface area is 89.4 Å². The summed E-state index contributed by atoms with van der Waals surface area (Å²) in [4.78, 5) is 11.5. The second kappa shape index (κ2) is 3.50. The number of carbonyl (C=O) groups excluding carboxylic acids is 1. The average Bonchev–Trinajstić information content (AvgIpc) is 2.85. The van der Waals surface area contributed by atoms with Crippen LogP contribution in [0, 0.1) is 0 Å². The van der Waals surface area contributed by atoms with Crippen molar-refractivity contribution in [3.63, 3.8) is 0 Å². The van der Waals surface area contributed by atoms with Gasteiger partial charge in [-0.05, 0) is 12.8 Å². The van der Waals surface area contributed by atoms with E-state index in [2.05, 4.69) is 10.4 Å². The highest BCUT2D eigenvalue weighted by Gasteiger charge is 2.36. The van der Waals surface area contributed by atoms with Gasteiger partial charge in [-0.3, -0.25) is 9.48 Å². The molecule has 1 amide bonds. The van der Waals surface area contributed by atoms with Gasteiger partial charge in [-0.25, -0.2) is 0 Å². The van der Waals surface area contributed by atoms with Crippen molar-refractivity contribution in [3.05, 3.63) is 17.5 Å². The Morgan fingerprint density at radius 2 is 2.19 bits per heavy atom. The first-order chi connectivity index (χ1) is 7.38. The normalized spacial score (nSPS) is 16.2. The molecule has 1 saturated carbocycles. The maximum atomic E-state index is 12.3. The van der Waals surface area contributed by atoms with E-state index >= 15 is 0 Å². The van der Waals surface area contributed by atoms with Crippen molar-refractivity contribution in [2.75, 3.05) is 0 Å². The van der Waals surface area contributed by atoms with Crippen LogP contribution in [0.25, 0.3) is 0 Å². The summed E-state index contributed by atoms with van der Waals surface area (Å²) in [6.07, 6.45) is -2.75. The van der Waals surface area contributed by atoms with E-state index in [0.717, 1.165) is 23.6 Å². The van der Waals surface area contributed by atoms with E-state index in [0.29, 0.717) is 0 Å². The van der Waals surface area contributed by atoms with Crippen molar-refractivity contribution in [1.29, 1.82) is 0 Å². The number of hydrogen-bond acceptors (Lipinski definition) is 2. The molecule has 1 aliphatic carbocycles. The zero-order valence-electron chi connectivity index (χ0n) is 8.51. The molecule has 0 atom stereocenters. The number of aryl methyl sites for hydroxylation is 1. The Kier molecular flexibility index (Phi) is 2.40. The second-order valence-corrected chi connectivity index (χ2v) is 3.78. The minimum atomic E-state index is -4.52. The highest BCUT2D eigenvalue weighted by molar-refractivity contribution is 5.93. The molecule has 0 saturated heterocycles. The molecule has 1 aromatic heterocycles. The minimum Gasteiger partial charge on any atom is -0.348 e. The third-order valence-electron chi connectivity index (χ3n) is 2.32. The van der Waals surface area contributed by atoms with Crippen LogP contribution in [0.4, 0.5) is 13.2 Å². The minimum absolute atomic E-state index is 0.0702. The molecular formula is C9H10F3N3O. The number of nitrogens with zero attached hydrogens (tertiary/aromatic N) is 2. The lowest BCUT2D eigenvalue weighted by Gasteiger charge is -2.01. The summed E-state index contributed by atoms with van der Waals surface area (Å²) in [7, 11) is 1.32. The highest BCUT2D eigenvalue weighted by atomic mass is 19.4. The molecule has 0 aliphatic heterocycles. The molecule has 1 aromatic rings. The highest BCUT2D eigenvalue weighted by Crippen LogP contribution is 2.28. The summed E-state index contributed by atoms with van der Waals surface area (Å²) in [6, 6.07) is 0.870. The maximum absolute atomic E-state index is 12.3. The van der Waals surface area contributed by atoms with Gasteiger partial charge < -0.3 is 5.32 Å². The van der Waals surface area contributed by atoms with Gasteiger partial charge in [-0.15, -0.1) is 0 Å². The molecule has 0 aromatic carbocycles. The lowest BCUT2D eigenvalue weighted by molar-refractivity contribution is -0.141. The van der Waals surface area contributed by atoms with Crippen LogP contribution in [0.1, 0.15) is 29.0 Å². The summed E-state index contributed by atoms with van der Waals surface area (Å²) in [5.41, 5.74) is -1.12. The number of alkyl halides is 3. The van der Waals surface area contributed by atoms with E-state index in [9.17, 15) is 18.0 Å². The van der Waals surface area contributed by atoms with Crippen LogP contribution < -0.4 is 5.32 Å². The van der Waals surface area contributed by atoms with E-state index in [1.165, 1.54) is 7.05 Å². The van der Waals surface area contributed by atoms with Crippen LogP contribution in [0.2, 0.25) is 0 Å². The molecule has 16 heavy (non-hydrogen) atoms. The van der Waals surface area contributed by atoms with Crippen LogP contribution in [-0.2, 0) is 13.2 Å². The summed E-state index contributed by atoms with van der Waals surface area (Å²) < 4.78 is 37.9. The Balaban J connectivity index is 2.20. The van der Waals surface area contributed by atoms with Crippen molar-refractivity contribution >= 4 is 5.91 Å². The summed E-state index contributed by atoms with van der Waals surface area (Å²) >= 11 is 0. The van der Waals surface area contributed by atoms with E-state index < -0.39 is 17.8 Å². The lowest BCUT2D eigenvalue weighted by atomic mass is 10.3. The van der Waals surface area contributed by atoms with E-state index in [-0.39, 0.29) is 11.7 Å². The van der Waals surface area contributed by atoms with Crippen molar-refractivity contribution in [3.8, 4) is 0 Å². The van der Waals surface area contributed by atoms with E-state index in [1.54, 1.807) is 0 Å². The molecule has 2 rings (SSSR count). The fraction of sp³-hybridized carbons (Fsp3) is 0.556. The predicted octanol–water partition coefficient (Wildman–Crippen LogP) is 1.33. The molecule has 0 bridgehead atoms. The van der Waals surface area contributed by atoms with Gasteiger partial charge in [0.2, 0.25) is 0 Å². The van der Waals surface area contributed by atoms with Gasteiger partial charge >= 0.3 is 6.18 Å². The number of halogens is 3. The number of carbonyl (C=O) groups is 1. The van der Waals surface area contributed by atoms with Crippen LogP contribution in [0.5, 0.6) is 0 Å². The van der Waals surface area contributed by atoms with E-state index in [1.807, 2.05) is 0 Å². The Hall–Kier alpha value is -1.53. The summed E-state index contributed by atoms with van der Waals surface area (Å²) in [5.74, 6) is -0.506. The predicted molar refractivity (Wildman–Crippen MR) is 48.7 cm³/mol. The number of nitrogens with one attached hydrogen (secondary N) is 1. The standard InChI is InChI=1S/C9H10F3N3O/c1-15-6(8(16)13-5-2-3-5)4-7(14-15)9(10,11)12/h4-5H,2-3H2,1H3,(H,13,16). The quantitative estimate of drug-likeness (QED) is 0.837. The summed E-state index contributed by atoms with van der Waals surface area (Å²) in [5, 5.41) is 5.87. The third kappa shape index (κ3) is 2.17. The molecule has 1 fully saturated rings. The van der Waals surface area contributed by atoms with Crippen LogP contribution in [0.3, 0.4) is 0 Å². The summed E-state index contributed by atoms with van der Waals surface area (Å²) in [6.45, 7) is 0. The topological polar surface area (TPSA) is 46.9 Å². The fourth-order valence-corrected chi connectivity index (χ4v) is 1.31. The van der Waals surface area contributed by atoms with Gasteiger partial charge in [0.05, 0.1) is 0 Å². The van der Waals surface area contributed by atoms with E-state index in [4.69, 9.17) is 0 Å². The van der Waals surface area contributed by atoms with Gasteiger partial charge in [0.15, 0.2) is 5.69 Å². The Bertz CT molecular complexity index is 420. The molecule has 1 aliphatic rings. The first kappa shape index (κ1) is 11.0. The molecule has 0 unspecified atom stereocenters. The zero-order valence-corrected chi connectivity index (χ0v) is 8.51.